The van der Waals surface area contributed by atoms with Crippen LogP contribution in [0.4, 0.5) is 4.79 Å². The number of alkyl carbamates (subject to hydrolysis) is 1. The van der Waals surface area contributed by atoms with Crippen molar-refractivity contribution >= 4 is 41.2 Å². The van der Waals surface area contributed by atoms with E-state index in [0.717, 1.165) is 16.7 Å². The van der Waals surface area contributed by atoms with E-state index in [-0.39, 0.29) is 45.6 Å². The normalized spacial score (nSPS) is 16.2. The van der Waals surface area contributed by atoms with Crippen LogP contribution in [-0.4, -0.2) is 78.4 Å². The summed E-state index contributed by atoms with van der Waals surface area (Å²) in [5.41, 5.74) is 8.31. The number of Topliss-reactive ketones (excluding diaryl/α,β-unsaturated/α-hetero) is 1. The van der Waals surface area contributed by atoms with Crippen LogP contribution in [0.2, 0.25) is 5.02 Å². The molecule has 0 aromatic heterocycles. The minimum atomic E-state index is -1.15. The Morgan fingerprint density at radius 2 is 1.53 bits per heavy atom. The number of carbonyl (C=O) groups is 5. The molecule has 1 fully saturated rings. The lowest BCUT2D eigenvalue weighted by Crippen LogP contribution is -2.56. The Kier molecular flexibility index (Phi) is 16.5. The number of nitrogens with two attached hydrogens (primary N) is 1. The van der Waals surface area contributed by atoms with E-state index in [1.165, 1.54) is 11.0 Å². The Morgan fingerprint density at radius 3 is 2.19 bits per heavy atom. The van der Waals surface area contributed by atoms with Gasteiger partial charge in [-0.05, 0) is 67.5 Å². The van der Waals surface area contributed by atoms with Crippen LogP contribution in [0.25, 0.3) is 0 Å². The molecule has 282 valence electrons. The van der Waals surface area contributed by atoms with Gasteiger partial charge >= 0.3 is 6.09 Å². The van der Waals surface area contributed by atoms with Gasteiger partial charge in [0.1, 0.15) is 18.7 Å². The van der Waals surface area contributed by atoms with Crippen molar-refractivity contribution in [2.45, 2.75) is 76.0 Å². The number of hydrogen-bond donors (Lipinski definition) is 4. The molecule has 12 nitrogen and oxygen atoms in total. The second-order valence-corrected chi connectivity index (χ2v) is 13.2. The maximum absolute atomic E-state index is 14.1. The first-order valence-electron chi connectivity index (χ1n) is 17.8. The Balaban J connectivity index is 1.48. The summed E-state index contributed by atoms with van der Waals surface area (Å²) in [4.78, 5) is 68.7. The fourth-order valence-corrected chi connectivity index (χ4v) is 6.07. The Morgan fingerprint density at radius 1 is 0.868 bits per heavy atom. The van der Waals surface area contributed by atoms with Gasteiger partial charge in [0, 0.05) is 24.5 Å². The van der Waals surface area contributed by atoms with Gasteiger partial charge in [-0.15, -0.1) is 6.58 Å². The highest BCUT2D eigenvalue weighted by Gasteiger charge is 2.43. The molecule has 0 bridgehead atoms. The monoisotopic (exact) mass is 745 g/mol. The van der Waals surface area contributed by atoms with E-state index in [1.54, 1.807) is 24.3 Å². The summed E-state index contributed by atoms with van der Waals surface area (Å²) in [5.74, 6) is -2.78. The van der Waals surface area contributed by atoms with E-state index < -0.39 is 53.8 Å². The molecule has 1 saturated heterocycles. The third kappa shape index (κ3) is 13.2. The van der Waals surface area contributed by atoms with Crippen molar-refractivity contribution in [1.29, 1.82) is 0 Å². The zero-order chi connectivity index (χ0) is 38.0. The van der Waals surface area contributed by atoms with Crippen LogP contribution in [0.3, 0.4) is 0 Å². The van der Waals surface area contributed by atoms with E-state index >= 15 is 0 Å². The molecular formula is C40H48ClN5O7. The highest BCUT2D eigenvalue weighted by atomic mass is 35.5. The number of ether oxygens (including phenoxy) is 2. The molecule has 1 aliphatic rings. The lowest BCUT2D eigenvalue weighted by molar-refractivity contribution is -0.142. The molecular weight excluding hydrogens is 698 g/mol. The molecule has 3 aromatic rings. The third-order valence-corrected chi connectivity index (χ3v) is 9.05. The number of nitrogens with one attached hydrogen (secondary N) is 3. The SMILES string of the molecule is C=CC[C@@H](NC(=O)OCc1ccccc1)C(=O)N1C[C@H](OCc2ccc(Cl)cc2)C[C@H]1C(=O)N[C@@H](CCCCN)C(=O)C(=O)NCCc1ccccc1. The molecule has 1 aliphatic heterocycles. The summed E-state index contributed by atoms with van der Waals surface area (Å²) in [5, 5.41) is 8.61. The van der Waals surface area contributed by atoms with Crippen molar-refractivity contribution in [1.82, 2.24) is 20.9 Å². The smallest absolute Gasteiger partial charge is 0.408 e. The number of likely N-dealkylation sites (tertiary alicyclic amines) is 1. The molecule has 3 aromatic carbocycles. The Bertz CT molecular complexity index is 1660. The maximum atomic E-state index is 14.1. The van der Waals surface area contributed by atoms with Crippen LogP contribution in [0, 0.1) is 0 Å². The third-order valence-electron chi connectivity index (χ3n) is 8.80. The summed E-state index contributed by atoms with van der Waals surface area (Å²) < 4.78 is 11.5. The quantitative estimate of drug-likeness (QED) is 0.0757. The van der Waals surface area contributed by atoms with E-state index in [9.17, 15) is 24.0 Å². The van der Waals surface area contributed by atoms with Crippen LogP contribution in [0.15, 0.2) is 97.6 Å². The van der Waals surface area contributed by atoms with E-state index in [4.69, 9.17) is 26.8 Å². The first-order chi connectivity index (χ1) is 25.7. The highest BCUT2D eigenvalue weighted by molar-refractivity contribution is 6.38. The van der Waals surface area contributed by atoms with Crippen molar-refractivity contribution in [3.63, 3.8) is 0 Å². The van der Waals surface area contributed by atoms with Gasteiger partial charge in [-0.2, -0.15) is 0 Å². The average Bonchev–Trinajstić information content (AvgIpc) is 3.61. The molecule has 0 saturated carbocycles. The molecule has 4 atom stereocenters. The number of amides is 4. The number of hydrogen-bond acceptors (Lipinski definition) is 8. The Hall–Kier alpha value is -5.04. The molecule has 4 rings (SSSR count). The fourth-order valence-electron chi connectivity index (χ4n) is 5.94. The summed E-state index contributed by atoms with van der Waals surface area (Å²) in [6, 6.07) is 22.4. The molecule has 4 amide bonds. The van der Waals surface area contributed by atoms with Gasteiger partial charge in [0.05, 0.1) is 18.8 Å². The molecule has 53 heavy (non-hydrogen) atoms. The number of halogens is 1. The number of rotatable bonds is 20. The first kappa shape index (κ1) is 40.7. The van der Waals surface area contributed by atoms with Crippen molar-refractivity contribution in [2.75, 3.05) is 19.6 Å². The molecule has 13 heteroatoms. The van der Waals surface area contributed by atoms with E-state index in [1.807, 2.05) is 60.7 Å². The predicted octanol–water partition coefficient (Wildman–Crippen LogP) is 4.24. The standard InChI is InChI=1S/C40H48ClN5O7/c1-2-11-34(45-40(51)53-27-29-14-7-4-8-15-29)39(50)46-25-32(52-26-30-17-19-31(41)20-18-30)24-35(46)37(48)44-33(16-9-10-22-42)36(47)38(49)43-23-21-28-12-5-3-6-13-28/h2-8,12-15,17-20,32-35H,1,9-11,16,21-27,42H2,(H,43,49)(H,44,48)(H,45,51)/t32-,33+,34-,35+/m1/s1. The van der Waals surface area contributed by atoms with Gasteiger partial charge in [-0.25, -0.2) is 4.79 Å². The topological polar surface area (TPSA) is 169 Å². The van der Waals surface area contributed by atoms with Crippen LogP contribution < -0.4 is 21.7 Å². The number of benzene rings is 3. The van der Waals surface area contributed by atoms with Crippen molar-refractivity contribution in [3.8, 4) is 0 Å². The second kappa shape index (κ2) is 21.5. The molecule has 0 radical (unpaired) electrons. The van der Waals surface area contributed by atoms with Crippen molar-refractivity contribution in [2.24, 2.45) is 5.73 Å². The highest BCUT2D eigenvalue weighted by Crippen LogP contribution is 2.24. The van der Waals surface area contributed by atoms with Crippen molar-refractivity contribution < 1.29 is 33.4 Å². The molecule has 0 aliphatic carbocycles. The van der Waals surface area contributed by atoms with Gasteiger partial charge in [-0.3, -0.25) is 19.2 Å². The number of nitrogens with zero attached hydrogens (tertiary/aromatic N) is 1. The van der Waals surface area contributed by atoms with Crippen LogP contribution in [0.5, 0.6) is 0 Å². The minimum absolute atomic E-state index is 0.00354. The first-order valence-corrected chi connectivity index (χ1v) is 18.2. The largest absolute Gasteiger partial charge is 0.445 e. The minimum Gasteiger partial charge on any atom is -0.445 e. The molecule has 0 spiro atoms. The number of ketones is 1. The lowest BCUT2D eigenvalue weighted by atomic mass is 10.0. The average molecular weight is 746 g/mol. The van der Waals surface area contributed by atoms with Crippen LogP contribution in [-0.2, 0) is 48.3 Å². The molecule has 1 heterocycles. The van der Waals surface area contributed by atoms with Crippen molar-refractivity contribution in [3.05, 3.63) is 119 Å². The molecule has 0 unspecified atom stereocenters. The van der Waals surface area contributed by atoms with Gasteiger partial charge in [-0.1, -0.05) is 90.5 Å². The predicted molar refractivity (Wildman–Crippen MR) is 202 cm³/mol. The summed E-state index contributed by atoms with van der Waals surface area (Å²) in [6.45, 7) is 4.58. The van der Waals surface area contributed by atoms with Gasteiger partial charge in [0.15, 0.2) is 0 Å². The Labute approximate surface area is 315 Å². The van der Waals surface area contributed by atoms with Gasteiger partial charge in [0.2, 0.25) is 17.6 Å². The van der Waals surface area contributed by atoms with Gasteiger partial charge in [0.25, 0.3) is 5.91 Å². The maximum Gasteiger partial charge on any atom is 0.408 e. The second-order valence-electron chi connectivity index (χ2n) is 12.8. The fraction of sp³-hybridized carbons (Fsp3) is 0.375. The zero-order valence-electron chi connectivity index (χ0n) is 29.7. The van der Waals surface area contributed by atoms with E-state index in [2.05, 4.69) is 22.5 Å². The number of unbranched alkanes of at least 4 members (excludes halogenated alkanes) is 1. The summed E-state index contributed by atoms with van der Waals surface area (Å²) in [7, 11) is 0. The van der Waals surface area contributed by atoms with E-state index in [0.29, 0.717) is 30.8 Å². The summed E-state index contributed by atoms with van der Waals surface area (Å²) >= 11 is 6.03. The van der Waals surface area contributed by atoms with Crippen LogP contribution >= 0.6 is 11.6 Å². The number of carbonyl (C=O) groups excluding carboxylic acids is 5. The van der Waals surface area contributed by atoms with Gasteiger partial charge < -0.3 is 36.1 Å². The lowest BCUT2D eigenvalue weighted by Gasteiger charge is -2.29. The molecule has 5 N–H and O–H groups in total. The van der Waals surface area contributed by atoms with Crippen LogP contribution in [0.1, 0.15) is 48.8 Å². The summed E-state index contributed by atoms with van der Waals surface area (Å²) in [6.07, 6.45) is 2.06. The zero-order valence-corrected chi connectivity index (χ0v) is 30.5.